The Hall–Kier alpha value is -1.75. The number of anilines is 1. The molecule has 0 radical (unpaired) electrons. The highest BCUT2D eigenvalue weighted by atomic mass is 16.1. The SMILES string of the molecule is CNC(C)(C)CNc1ccc2[nH]c(=O)[nH]c2c1. The Bertz CT molecular complexity index is 567. The van der Waals surface area contributed by atoms with E-state index in [0.717, 1.165) is 23.3 Å². The molecule has 0 fully saturated rings. The number of rotatable bonds is 4. The van der Waals surface area contributed by atoms with Crippen molar-refractivity contribution in [3.63, 3.8) is 0 Å². The van der Waals surface area contributed by atoms with Crippen LogP contribution in [0.5, 0.6) is 0 Å². The molecule has 0 saturated carbocycles. The fourth-order valence-corrected chi connectivity index (χ4v) is 1.55. The second-order valence-corrected chi connectivity index (χ2v) is 4.83. The molecule has 0 amide bonds. The number of imidazole rings is 1. The van der Waals surface area contributed by atoms with Crippen LogP contribution in [-0.2, 0) is 0 Å². The second kappa shape index (κ2) is 4.25. The van der Waals surface area contributed by atoms with E-state index in [1.165, 1.54) is 0 Å². The first-order chi connectivity index (χ1) is 8.00. The summed E-state index contributed by atoms with van der Waals surface area (Å²) in [6, 6.07) is 5.78. The molecule has 1 aromatic carbocycles. The molecule has 0 spiro atoms. The molecule has 4 N–H and O–H groups in total. The van der Waals surface area contributed by atoms with Gasteiger partial charge < -0.3 is 20.6 Å². The van der Waals surface area contributed by atoms with Gasteiger partial charge in [0.1, 0.15) is 0 Å². The van der Waals surface area contributed by atoms with Gasteiger partial charge in [0.25, 0.3) is 0 Å². The molecule has 0 bridgehead atoms. The lowest BCUT2D eigenvalue weighted by Crippen LogP contribution is -2.42. The zero-order valence-corrected chi connectivity index (χ0v) is 10.3. The van der Waals surface area contributed by atoms with Crippen LogP contribution in [0.2, 0.25) is 0 Å². The molecule has 5 heteroatoms. The minimum Gasteiger partial charge on any atom is -0.383 e. The second-order valence-electron chi connectivity index (χ2n) is 4.83. The van der Waals surface area contributed by atoms with E-state index in [1.807, 2.05) is 25.2 Å². The number of nitrogens with one attached hydrogen (secondary N) is 4. The van der Waals surface area contributed by atoms with Gasteiger partial charge in [-0.15, -0.1) is 0 Å². The molecule has 2 aromatic rings. The Morgan fingerprint density at radius 1 is 1.24 bits per heavy atom. The molecule has 0 atom stereocenters. The predicted molar refractivity (Wildman–Crippen MR) is 70.5 cm³/mol. The van der Waals surface area contributed by atoms with Gasteiger partial charge in [0, 0.05) is 17.8 Å². The molecule has 0 aliphatic carbocycles. The number of fused-ring (bicyclic) bond motifs is 1. The molecule has 0 saturated heterocycles. The Labute approximate surface area is 99.6 Å². The average Bonchev–Trinajstić information content (AvgIpc) is 2.66. The van der Waals surface area contributed by atoms with E-state index < -0.39 is 0 Å². The summed E-state index contributed by atoms with van der Waals surface area (Å²) in [5.74, 6) is 0. The first-order valence-corrected chi connectivity index (χ1v) is 5.65. The topological polar surface area (TPSA) is 72.7 Å². The third kappa shape index (κ3) is 2.68. The van der Waals surface area contributed by atoms with Crippen molar-refractivity contribution < 1.29 is 0 Å². The van der Waals surface area contributed by atoms with E-state index >= 15 is 0 Å². The van der Waals surface area contributed by atoms with E-state index in [1.54, 1.807) is 0 Å². The number of aromatic nitrogens is 2. The minimum atomic E-state index is -0.173. The Morgan fingerprint density at radius 3 is 2.65 bits per heavy atom. The fourth-order valence-electron chi connectivity index (χ4n) is 1.55. The van der Waals surface area contributed by atoms with Crippen molar-refractivity contribution >= 4 is 16.7 Å². The summed E-state index contributed by atoms with van der Waals surface area (Å²) >= 11 is 0. The Morgan fingerprint density at radius 2 is 1.94 bits per heavy atom. The van der Waals surface area contributed by atoms with Gasteiger partial charge in [-0.05, 0) is 39.1 Å². The number of H-pyrrole nitrogens is 2. The highest BCUT2D eigenvalue weighted by Gasteiger charge is 2.13. The first-order valence-electron chi connectivity index (χ1n) is 5.65. The smallest absolute Gasteiger partial charge is 0.323 e. The quantitative estimate of drug-likeness (QED) is 0.643. The van der Waals surface area contributed by atoms with E-state index in [9.17, 15) is 4.79 Å². The number of aromatic amines is 2. The van der Waals surface area contributed by atoms with E-state index in [0.29, 0.717) is 0 Å². The summed E-state index contributed by atoms with van der Waals surface area (Å²) in [6.07, 6.45) is 0. The zero-order chi connectivity index (χ0) is 12.5. The monoisotopic (exact) mass is 234 g/mol. The number of hydrogen-bond acceptors (Lipinski definition) is 3. The van der Waals surface area contributed by atoms with E-state index in [2.05, 4.69) is 34.4 Å². The Balaban J connectivity index is 2.17. The molecular formula is C12H18N4O. The average molecular weight is 234 g/mol. The summed E-state index contributed by atoms with van der Waals surface area (Å²) in [6.45, 7) is 5.05. The van der Waals surface area contributed by atoms with Crippen LogP contribution in [0.25, 0.3) is 11.0 Å². The molecule has 0 unspecified atom stereocenters. The van der Waals surface area contributed by atoms with Crippen molar-refractivity contribution in [2.45, 2.75) is 19.4 Å². The van der Waals surface area contributed by atoms with Crippen molar-refractivity contribution in [2.75, 3.05) is 18.9 Å². The van der Waals surface area contributed by atoms with Crippen LogP contribution in [-0.4, -0.2) is 29.1 Å². The van der Waals surface area contributed by atoms with Crippen LogP contribution < -0.4 is 16.3 Å². The van der Waals surface area contributed by atoms with Gasteiger partial charge >= 0.3 is 5.69 Å². The van der Waals surface area contributed by atoms with Crippen LogP contribution in [0.4, 0.5) is 5.69 Å². The maximum Gasteiger partial charge on any atom is 0.323 e. The molecule has 5 nitrogen and oxygen atoms in total. The molecule has 2 rings (SSSR count). The summed E-state index contributed by atoms with van der Waals surface area (Å²) in [5.41, 5.74) is 2.50. The number of likely N-dealkylation sites (N-methyl/N-ethyl adjacent to an activating group) is 1. The predicted octanol–water partition coefficient (Wildman–Crippen LogP) is 1.27. The van der Waals surface area contributed by atoms with Gasteiger partial charge in [-0.1, -0.05) is 0 Å². The van der Waals surface area contributed by atoms with E-state index in [4.69, 9.17) is 0 Å². The van der Waals surface area contributed by atoms with Crippen molar-refractivity contribution in [3.8, 4) is 0 Å². The zero-order valence-electron chi connectivity index (χ0n) is 10.3. The van der Waals surface area contributed by atoms with Crippen molar-refractivity contribution in [1.29, 1.82) is 0 Å². The molecule has 1 aromatic heterocycles. The van der Waals surface area contributed by atoms with Crippen LogP contribution >= 0.6 is 0 Å². The summed E-state index contributed by atoms with van der Waals surface area (Å²) in [7, 11) is 1.94. The highest BCUT2D eigenvalue weighted by Crippen LogP contribution is 2.15. The van der Waals surface area contributed by atoms with Crippen molar-refractivity contribution in [3.05, 3.63) is 28.7 Å². The maximum absolute atomic E-state index is 11.1. The molecule has 17 heavy (non-hydrogen) atoms. The van der Waals surface area contributed by atoms with Gasteiger partial charge in [0.05, 0.1) is 11.0 Å². The third-order valence-corrected chi connectivity index (χ3v) is 2.93. The van der Waals surface area contributed by atoms with Gasteiger partial charge in [-0.2, -0.15) is 0 Å². The molecule has 92 valence electrons. The first kappa shape index (κ1) is 11.7. The number of benzene rings is 1. The normalized spacial score (nSPS) is 11.9. The molecular weight excluding hydrogens is 216 g/mol. The van der Waals surface area contributed by atoms with Crippen LogP contribution in [0.1, 0.15) is 13.8 Å². The lowest BCUT2D eigenvalue weighted by molar-refractivity contribution is 0.448. The molecule has 0 aliphatic heterocycles. The summed E-state index contributed by atoms with van der Waals surface area (Å²) in [5, 5.41) is 6.57. The highest BCUT2D eigenvalue weighted by molar-refractivity contribution is 5.78. The van der Waals surface area contributed by atoms with Crippen molar-refractivity contribution in [2.24, 2.45) is 0 Å². The lowest BCUT2D eigenvalue weighted by Gasteiger charge is -2.24. The standard InChI is InChI=1S/C12H18N4O/c1-12(2,13-3)7-14-8-4-5-9-10(6-8)16-11(17)15-9/h4-6,13-14H,7H2,1-3H3,(H2,15,16,17). The van der Waals surface area contributed by atoms with Gasteiger partial charge in [-0.25, -0.2) is 4.79 Å². The number of hydrogen-bond donors (Lipinski definition) is 4. The minimum absolute atomic E-state index is 0.0283. The maximum atomic E-state index is 11.1. The summed E-state index contributed by atoms with van der Waals surface area (Å²) in [4.78, 5) is 16.6. The van der Waals surface area contributed by atoms with Crippen LogP contribution in [0.15, 0.2) is 23.0 Å². The van der Waals surface area contributed by atoms with E-state index in [-0.39, 0.29) is 11.2 Å². The van der Waals surface area contributed by atoms with Gasteiger partial charge in [-0.3, -0.25) is 0 Å². The lowest BCUT2D eigenvalue weighted by atomic mass is 10.1. The molecule has 0 aliphatic rings. The summed E-state index contributed by atoms with van der Waals surface area (Å²) < 4.78 is 0. The molecule has 1 heterocycles. The van der Waals surface area contributed by atoms with Crippen LogP contribution in [0, 0.1) is 0 Å². The van der Waals surface area contributed by atoms with Gasteiger partial charge in [0.15, 0.2) is 0 Å². The largest absolute Gasteiger partial charge is 0.383 e. The van der Waals surface area contributed by atoms with Crippen molar-refractivity contribution in [1.82, 2.24) is 15.3 Å². The fraction of sp³-hybridized carbons (Fsp3) is 0.417. The Kier molecular flexibility index (Phi) is 2.93. The van der Waals surface area contributed by atoms with Crippen LogP contribution in [0.3, 0.4) is 0 Å². The third-order valence-electron chi connectivity index (χ3n) is 2.93. The van der Waals surface area contributed by atoms with Gasteiger partial charge in [0.2, 0.25) is 0 Å².